The Morgan fingerprint density at radius 3 is 2.81 bits per heavy atom. The summed E-state index contributed by atoms with van der Waals surface area (Å²) in [5.74, 6) is 1.67. The normalized spacial score (nSPS) is 17.5. The Morgan fingerprint density at radius 2 is 2.19 bits per heavy atom. The summed E-state index contributed by atoms with van der Waals surface area (Å²) in [7, 11) is 1.95. The zero-order valence-electron chi connectivity index (χ0n) is 13.1. The van der Waals surface area contributed by atoms with E-state index in [1.165, 1.54) is 12.8 Å². The molecular formula is C16H27N3O2. The van der Waals surface area contributed by atoms with Gasteiger partial charge < -0.3 is 20.1 Å². The molecule has 0 spiro atoms. The Hall–Kier alpha value is -1.33. The summed E-state index contributed by atoms with van der Waals surface area (Å²) in [5.41, 5.74) is 1.02. The lowest BCUT2D eigenvalue weighted by Gasteiger charge is -2.25. The van der Waals surface area contributed by atoms with E-state index in [4.69, 9.17) is 9.84 Å². The number of likely N-dealkylation sites (N-methyl/N-ethyl adjacent to an activating group) is 1. The number of nitrogens with zero attached hydrogens (tertiary/aromatic N) is 2. The van der Waals surface area contributed by atoms with Gasteiger partial charge in [0.15, 0.2) is 0 Å². The van der Waals surface area contributed by atoms with E-state index in [1.807, 2.05) is 30.3 Å². The summed E-state index contributed by atoms with van der Waals surface area (Å²) in [5, 5.41) is 12.4. The van der Waals surface area contributed by atoms with Gasteiger partial charge in [-0.05, 0) is 44.2 Å². The van der Waals surface area contributed by atoms with Crippen LogP contribution in [0.25, 0.3) is 0 Å². The van der Waals surface area contributed by atoms with Gasteiger partial charge in [0.2, 0.25) is 0 Å². The van der Waals surface area contributed by atoms with Crippen LogP contribution >= 0.6 is 0 Å². The van der Waals surface area contributed by atoms with Gasteiger partial charge in [0, 0.05) is 32.8 Å². The Labute approximate surface area is 127 Å². The summed E-state index contributed by atoms with van der Waals surface area (Å²) in [6.07, 6.45) is 5.35. The van der Waals surface area contributed by atoms with Crippen molar-refractivity contribution in [3.05, 3.63) is 18.3 Å². The number of hydrogen-bond donors (Lipinski definition) is 2. The van der Waals surface area contributed by atoms with E-state index in [0.717, 1.165) is 37.1 Å². The summed E-state index contributed by atoms with van der Waals surface area (Å²) >= 11 is 0. The fourth-order valence-electron chi connectivity index (χ4n) is 2.77. The zero-order chi connectivity index (χ0) is 15.1. The topological polar surface area (TPSA) is 57.6 Å². The third-order valence-corrected chi connectivity index (χ3v) is 4.05. The van der Waals surface area contributed by atoms with Gasteiger partial charge in [0.1, 0.15) is 5.82 Å². The Morgan fingerprint density at radius 1 is 1.43 bits per heavy atom. The predicted octanol–water partition coefficient (Wildman–Crippen LogP) is 2.13. The van der Waals surface area contributed by atoms with E-state index < -0.39 is 0 Å². The number of nitrogens with one attached hydrogen (secondary N) is 1. The molecule has 0 amide bonds. The summed E-state index contributed by atoms with van der Waals surface area (Å²) in [6, 6.07) is 4.46. The number of aromatic nitrogens is 1. The van der Waals surface area contributed by atoms with Crippen LogP contribution in [0.4, 0.5) is 11.5 Å². The molecule has 5 nitrogen and oxygen atoms in total. The average Bonchev–Trinajstić information content (AvgIpc) is 2.49. The van der Waals surface area contributed by atoms with Crippen LogP contribution in [-0.4, -0.2) is 49.5 Å². The third-order valence-electron chi connectivity index (χ3n) is 4.05. The predicted molar refractivity (Wildman–Crippen MR) is 85.8 cm³/mol. The van der Waals surface area contributed by atoms with Crippen molar-refractivity contribution in [3.8, 4) is 0 Å². The Bertz CT molecular complexity index is 404. The minimum atomic E-state index is 0.151. The van der Waals surface area contributed by atoms with Crippen LogP contribution in [0.1, 0.15) is 26.2 Å². The maximum Gasteiger partial charge on any atom is 0.126 e. The van der Waals surface area contributed by atoms with Crippen LogP contribution in [0.2, 0.25) is 0 Å². The van der Waals surface area contributed by atoms with E-state index >= 15 is 0 Å². The first-order valence-corrected chi connectivity index (χ1v) is 7.81. The minimum absolute atomic E-state index is 0.151. The first-order chi connectivity index (χ1) is 10.2. The molecule has 0 bridgehead atoms. The molecule has 1 aromatic heterocycles. The van der Waals surface area contributed by atoms with Crippen molar-refractivity contribution in [1.82, 2.24) is 4.98 Å². The standard InChI is InChI=1S/C16H27N3O2/c1-13(11-14-5-9-21-10-6-14)18-16-4-3-15(12-17-16)19(2)7-8-20/h3-4,12-14,20H,5-11H2,1-2H3,(H,17,18). The van der Waals surface area contributed by atoms with Crippen LogP contribution in [-0.2, 0) is 4.74 Å². The lowest BCUT2D eigenvalue weighted by Crippen LogP contribution is -2.24. The highest BCUT2D eigenvalue weighted by Gasteiger charge is 2.16. The number of pyridine rings is 1. The number of aliphatic hydroxyl groups is 1. The number of anilines is 2. The van der Waals surface area contributed by atoms with Gasteiger partial charge in [-0.1, -0.05) is 0 Å². The van der Waals surface area contributed by atoms with Gasteiger partial charge in [-0.25, -0.2) is 4.98 Å². The molecular weight excluding hydrogens is 266 g/mol. The van der Waals surface area contributed by atoms with Gasteiger partial charge in [0.25, 0.3) is 0 Å². The number of rotatable bonds is 7. The molecule has 1 unspecified atom stereocenters. The molecule has 118 valence electrons. The lowest BCUT2D eigenvalue weighted by atomic mass is 9.93. The van der Waals surface area contributed by atoms with Crippen molar-refractivity contribution in [2.24, 2.45) is 5.92 Å². The molecule has 0 saturated carbocycles. The van der Waals surface area contributed by atoms with E-state index in [0.29, 0.717) is 12.6 Å². The van der Waals surface area contributed by atoms with Gasteiger partial charge in [-0.15, -0.1) is 0 Å². The van der Waals surface area contributed by atoms with Crippen LogP contribution in [0.3, 0.4) is 0 Å². The highest BCUT2D eigenvalue weighted by atomic mass is 16.5. The third kappa shape index (κ3) is 5.17. The van der Waals surface area contributed by atoms with Crippen molar-refractivity contribution in [1.29, 1.82) is 0 Å². The number of ether oxygens (including phenoxy) is 1. The van der Waals surface area contributed by atoms with Crippen molar-refractivity contribution < 1.29 is 9.84 Å². The highest BCUT2D eigenvalue weighted by Crippen LogP contribution is 2.22. The molecule has 1 aliphatic heterocycles. The average molecular weight is 293 g/mol. The first kappa shape index (κ1) is 16.0. The Kier molecular flexibility index (Phi) is 6.26. The molecule has 5 heteroatoms. The number of hydrogen-bond acceptors (Lipinski definition) is 5. The van der Waals surface area contributed by atoms with Crippen LogP contribution in [0.5, 0.6) is 0 Å². The van der Waals surface area contributed by atoms with Gasteiger partial charge >= 0.3 is 0 Å². The van der Waals surface area contributed by atoms with Gasteiger partial charge in [-0.3, -0.25) is 0 Å². The summed E-state index contributed by atoms with van der Waals surface area (Å²) < 4.78 is 5.40. The zero-order valence-corrected chi connectivity index (χ0v) is 13.1. The van der Waals surface area contributed by atoms with Gasteiger partial charge in [0.05, 0.1) is 18.5 Å². The van der Waals surface area contributed by atoms with E-state index in [-0.39, 0.29) is 6.61 Å². The molecule has 21 heavy (non-hydrogen) atoms. The van der Waals surface area contributed by atoms with Crippen molar-refractivity contribution >= 4 is 11.5 Å². The number of aliphatic hydroxyl groups excluding tert-OH is 1. The molecule has 2 N–H and O–H groups in total. The quantitative estimate of drug-likeness (QED) is 0.806. The fraction of sp³-hybridized carbons (Fsp3) is 0.688. The molecule has 1 atom stereocenters. The molecule has 1 saturated heterocycles. The highest BCUT2D eigenvalue weighted by molar-refractivity contribution is 5.49. The van der Waals surface area contributed by atoms with E-state index in [2.05, 4.69) is 17.2 Å². The van der Waals surface area contributed by atoms with Gasteiger partial charge in [-0.2, -0.15) is 0 Å². The first-order valence-electron chi connectivity index (χ1n) is 7.81. The second kappa shape index (κ2) is 8.20. The maximum absolute atomic E-state index is 8.94. The van der Waals surface area contributed by atoms with Crippen LogP contribution < -0.4 is 10.2 Å². The maximum atomic E-state index is 8.94. The molecule has 0 radical (unpaired) electrons. The van der Waals surface area contributed by atoms with Crippen molar-refractivity contribution in [2.45, 2.75) is 32.2 Å². The van der Waals surface area contributed by atoms with Crippen LogP contribution in [0, 0.1) is 5.92 Å². The second-order valence-corrected chi connectivity index (χ2v) is 5.88. The fourth-order valence-corrected chi connectivity index (χ4v) is 2.77. The molecule has 2 rings (SSSR count). The lowest BCUT2D eigenvalue weighted by molar-refractivity contribution is 0.0629. The SMILES string of the molecule is CC(CC1CCOCC1)Nc1ccc(N(C)CCO)cn1. The van der Waals surface area contributed by atoms with Crippen molar-refractivity contribution in [3.63, 3.8) is 0 Å². The molecule has 1 fully saturated rings. The second-order valence-electron chi connectivity index (χ2n) is 5.88. The molecule has 0 aromatic carbocycles. The summed E-state index contributed by atoms with van der Waals surface area (Å²) in [6.45, 7) is 4.79. The Balaban J connectivity index is 1.81. The molecule has 1 aromatic rings. The van der Waals surface area contributed by atoms with Crippen LogP contribution in [0.15, 0.2) is 18.3 Å². The minimum Gasteiger partial charge on any atom is -0.395 e. The van der Waals surface area contributed by atoms with Crippen molar-refractivity contribution in [2.75, 3.05) is 43.6 Å². The van der Waals surface area contributed by atoms with E-state index in [9.17, 15) is 0 Å². The smallest absolute Gasteiger partial charge is 0.126 e. The summed E-state index contributed by atoms with van der Waals surface area (Å²) in [4.78, 5) is 6.44. The molecule has 1 aliphatic rings. The molecule has 2 heterocycles. The largest absolute Gasteiger partial charge is 0.395 e. The monoisotopic (exact) mass is 293 g/mol. The molecule has 0 aliphatic carbocycles. The van der Waals surface area contributed by atoms with E-state index in [1.54, 1.807) is 0 Å².